The average molecular weight is 429 g/mol. The molecule has 0 fully saturated rings. The smallest absolute Gasteiger partial charge is 0.341 e. The molecule has 10 nitrogen and oxygen atoms in total. The zero-order valence-electron chi connectivity index (χ0n) is 15.8. The molecule has 11 heteroatoms. The Morgan fingerprint density at radius 1 is 1.13 bits per heavy atom. The first kappa shape index (κ1) is 20.9. The molecule has 3 rings (SSSR count). The lowest BCUT2D eigenvalue weighted by Crippen LogP contribution is -2.16. The molecule has 154 valence electrons. The van der Waals surface area contributed by atoms with Crippen LogP contribution in [-0.2, 0) is 4.74 Å². The lowest BCUT2D eigenvalue weighted by Gasteiger charge is -2.09. The summed E-state index contributed by atoms with van der Waals surface area (Å²) in [6.07, 6.45) is 0. The average Bonchev–Trinajstić information content (AvgIpc) is 3.05. The van der Waals surface area contributed by atoms with Crippen LogP contribution in [0.1, 0.15) is 33.2 Å². The van der Waals surface area contributed by atoms with Gasteiger partial charge in [0.1, 0.15) is 10.6 Å². The van der Waals surface area contributed by atoms with Crippen LogP contribution >= 0.6 is 11.3 Å². The largest absolute Gasteiger partial charge is 0.462 e. The highest BCUT2D eigenvalue weighted by atomic mass is 32.1. The Bertz CT molecular complexity index is 1200. The molecule has 2 aromatic carbocycles. The van der Waals surface area contributed by atoms with E-state index in [-0.39, 0.29) is 28.3 Å². The minimum Gasteiger partial charge on any atom is -0.462 e. The van der Waals surface area contributed by atoms with Gasteiger partial charge >= 0.3 is 5.97 Å². The van der Waals surface area contributed by atoms with Crippen LogP contribution in [0.2, 0.25) is 0 Å². The number of carbonyl (C=O) groups excluding carboxylic acids is 2. The van der Waals surface area contributed by atoms with Crippen molar-refractivity contribution >= 4 is 49.7 Å². The van der Waals surface area contributed by atoms with Gasteiger partial charge in [-0.25, -0.2) is 4.79 Å². The lowest BCUT2D eigenvalue weighted by molar-refractivity contribution is -0.394. The quantitative estimate of drug-likeness (QED) is 0.346. The summed E-state index contributed by atoms with van der Waals surface area (Å²) in [6, 6.07) is 8.74. The van der Waals surface area contributed by atoms with E-state index >= 15 is 0 Å². The summed E-state index contributed by atoms with van der Waals surface area (Å²) in [7, 11) is 0. The third-order valence-electron chi connectivity index (χ3n) is 4.32. The first-order valence-corrected chi connectivity index (χ1v) is 9.49. The van der Waals surface area contributed by atoms with E-state index in [0.717, 1.165) is 28.2 Å². The van der Waals surface area contributed by atoms with Crippen molar-refractivity contribution in [3.05, 3.63) is 73.3 Å². The molecule has 0 aliphatic rings. The Morgan fingerprint density at radius 2 is 1.83 bits per heavy atom. The Kier molecular flexibility index (Phi) is 5.74. The first-order chi connectivity index (χ1) is 14.2. The summed E-state index contributed by atoms with van der Waals surface area (Å²) >= 11 is 1.13. The third-order valence-corrected chi connectivity index (χ3v) is 5.41. The minimum atomic E-state index is -0.813. The number of hydrogen-bond acceptors (Lipinski definition) is 8. The topological polar surface area (TPSA) is 142 Å². The molecule has 1 aromatic heterocycles. The van der Waals surface area contributed by atoms with Gasteiger partial charge in [0.25, 0.3) is 17.3 Å². The maximum atomic E-state index is 12.9. The normalized spacial score (nSPS) is 10.6. The van der Waals surface area contributed by atoms with E-state index in [1.165, 1.54) is 6.92 Å². The second-order valence-corrected chi connectivity index (χ2v) is 7.18. The molecule has 0 bridgehead atoms. The van der Waals surface area contributed by atoms with E-state index in [2.05, 4.69) is 5.32 Å². The molecule has 0 atom stereocenters. The SMILES string of the molecule is CCOC(=O)c1c(NC(=O)c2cc([N+](=O)[O-])cc([N+](=O)[O-])c2C)sc2ccccc12. The van der Waals surface area contributed by atoms with Crippen LogP contribution in [0, 0.1) is 27.2 Å². The Balaban J connectivity index is 2.10. The van der Waals surface area contributed by atoms with Gasteiger partial charge in [0.15, 0.2) is 0 Å². The summed E-state index contributed by atoms with van der Waals surface area (Å²) < 4.78 is 5.81. The number of amides is 1. The molecule has 0 spiro atoms. The number of nitro groups is 2. The predicted molar refractivity (Wildman–Crippen MR) is 110 cm³/mol. The van der Waals surface area contributed by atoms with Crippen molar-refractivity contribution in [1.29, 1.82) is 0 Å². The molecule has 1 amide bonds. The first-order valence-electron chi connectivity index (χ1n) is 8.68. The second-order valence-electron chi connectivity index (χ2n) is 6.13. The zero-order chi connectivity index (χ0) is 22.0. The van der Waals surface area contributed by atoms with Gasteiger partial charge < -0.3 is 10.1 Å². The monoisotopic (exact) mass is 429 g/mol. The van der Waals surface area contributed by atoms with Gasteiger partial charge in [-0.15, -0.1) is 11.3 Å². The van der Waals surface area contributed by atoms with Gasteiger partial charge in [0.2, 0.25) is 0 Å². The number of non-ortho nitro benzene ring substituents is 1. The van der Waals surface area contributed by atoms with Crippen molar-refractivity contribution in [1.82, 2.24) is 0 Å². The molecule has 30 heavy (non-hydrogen) atoms. The number of benzene rings is 2. The van der Waals surface area contributed by atoms with Crippen molar-refractivity contribution in [2.75, 3.05) is 11.9 Å². The highest BCUT2D eigenvalue weighted by molar-refractivity contribution is 7.23. The molecular weight excluding hydrogens is 414 g/mol. The Morgan fingerprint density at radius 3 is 2.47 bits per heavy atom. The summed E-state index contributed by atoms with van der Waals surface area (Å²) in [4.78, 5) is 46.2. The standard InChI is InChI=1S/C19H15N3O7S/c1-3-29-19(24)16-12-6-4-5-7-15(12)30-18(16)20-17(23)13-8-11(21(25)26)9-14(10(13)2)22(27)28/h4-9H,3H2,1-2H3,(H,20,23). The predicted octanol–water partition coefficient (Wildman–Crippen LogP) is 4.46. The number of rotatable bonds is 6. The molecule has 0 saturated heterocycles. The fourth-order valence-corrected chi connectivity index (χ4v) is 4.01. The van der Waals surface area contributed by atoms with Gasteiger partial charge in [0.05, 0.1) is 28.1 Å². The second kappa shape index (κ2) is 8.25. The molecule has 0 aliphatic heterocycles. The number of anilines is 1. The van der Waals surface area contributed by atoms with E-state index < -0.39 is 33.1 Å². The number of nitrogens with one attached hydrogen (secondary N) is 1. The molecule has 0 aliphatic carbocycles. The fraction of sp³-hybridized carbons (Fsp3) is 0.158. The van der Waals surface area contributed by atoms with E-state index in [0.29, 0.717) is 5.39 Å². The van der Waals surface area contributed by atoms with Crippen LogP contribution in [0.5, 0.6) is 0 Å². The molecule has 3 aromatic rings. The highest BCUT2D eigenvalue weighted by Gasteiger charge is 2.27. The summed E-state index contributed by atoms with van der Waals surface area (Å²) in [5.74, 6) is -1.44. The molecule has 1 N–H and O–H groups in total. The number of nitrogens with zero attached hydrogens (tertiary/aromatic N) is 2. The van der Waals surface area contributed by atoms with E-state index in [4.69, 9.17) is 4.74 Å². The number of esters is 1. The van der Waals surface area contributed by atoms with Crippen LogP contribution in [0.15, 0.2) is 36.4 Å². The Labute approximate surface area is 173 Å². The Hall–Kier alpha value is -3.86. The number of ether oxygens (including phenoxy) is 1. The highest BCUT2D eigenvalue weighted by Crippen LogP contribution is 2.37. The van der Waals surface area contributed by atoms with Crippen molar-refractivity contribution in [2.24, 2.45) is 0 Å². The third kappa shape index (κ3) is 3.82. The van der Waals surface area contributed by atoms with Crippen molar-refractivity contribution in [2.45, 2.75) is 13.8 Å². The van der Waals surface area contributed by atoms with E-state index in [1.807, 2.05) is 0 Å². The zero-order valence-corrected chi connectivity index (χ0v) is 16.6. The van der Waals surface area contributed by atoms with Crippen LogP contribution in [0.4, 0.5) is 16.4 Å². The molecule has 0 unspecified atom stereocenters. The maximum Gasteiger partial charge on any atom is 0.341 e. The van der Waals surface area contributed by atoms with E-state index in [1.54, 1.807) is 31.2 Å². The van der Waals surface area contributed by atoms with Crippen molar-refractivity contribution in [3.63, 3.8) is 0 Å². The number of hydrogen-bond donors (Lipinski definition) is 1. The van der Waals surface area contributed by atoms with Gasteiger partial charge in [-0.05, 0) is 19.9 Å². The van der Waals surface area contributed by atoms with Gasteiger partial charge in [0, 0.05) is 21.7 Å². The van der Waals surface area contributed by atoms with Gasteiger partial charge in [-0.3, -0.25) is 25.0 Å². The number of carbonyl (C=O) groups is 2. The minimum absolute atomic E-state index is 0.0260. The molecule has 0 radical (unpaired) electrons. The summed E-state index contributed by atoms with van der Waals surface area (Å²) in [6.45, 7) is 3.11. The molecular formula is C19H15N3O7S. The van der Waals surface area contributed by atoms with Crippen molar-refractivity contribution < 1.29 is 24.2 Å². The van der Waals surface area contributed by atoms with Gasteiger partial charge in [-0.2, -0.15) is 0 Å². The van der Waals surface area contributed by atoms with Crippen molar-refractivity contribution in [3.8, 4) is 0 Å². The number of nitro benzene ring substituents is 2. The number of fused-ring (bicyclic) bond motifs is 1. The van der Waals surface area contributed by atoms with Crippen LogP contribution in [0.3, 0.4) is 0 Å². The van der Waals surface area contributed by atoms with Crippen LogP contribution in [0.25, 0.3) is 10.1 Å². The summed E-state index contributed by atoms with van der Waals surface area (Å²) in [5.41, 5.74) is -1.23. The molecule has 1 heterocycles. The van der Waals surface area contributed by atoms with Crippen LogP contribution in [-0.4, -0.2) is 28.3 Å². The van der Waals surface area contributed by atoms with E-state index in [9.17, 15) is 29.8 Å². The van der Waals surface area contributed by atoms with Gasteiger partial charge in [-0.1, -0.05) is 18.2 Å². The maximum absolute atomic E-state index is 12.9. The number of thiophene rings is 1. The van der Waals surface area contributed by atoms with Crippen LogP contribution < -0.4 is 5.32 Å². The molecule has 0 saturated carbocycles. The lowest BCUT2D eigenvalue weighted by atomic mass is 10.0. The fourth-order valence-electron chi connectivity index (χ4n) is 2.92. The summed E-state index contributed by atoms with van der Waals surface area (Å²) in [5, 5.41) is 25.7.